The van der Waals surface area contributed by atoms with Crippen LogP contribution >= 0.6 is 0 Å². The predicted octanol–water partition coefficient (Wildman–Crippen LogP) is 3.54. The molecule has 2 atom stereocenters. The van der Waals surface area contributed by atoms with Crippen molar-refractivity contribution in [2.45, 2.75) is 59.0 Å². The predicted molar refractivity (Wildman–Crippen MR) is 95.9 cm³/mol. The molecular weight excluding hydrogens is 304 g/mol. The van der Waals surface area contributed by atoms with Crippen molar-refractivity contribution in [1.29, 1.82) is 0 Å². The number of carbonyl (C=O) groups excluding carboxylic acids is 2. The molecule has 2 N–H and O–H groups in total. The van der Waals surface area contributed by atoms with Crippen molar-refractivity contribution in [3.8, 4) is 0 Å². The molecule has 5 heteroatoms. The summed E-state index contributed by atoms with van der Waals surface area (Å²) >= 11 is 0. The van der Waals surface area contributed by atoms with E-state index in [1.54, 1.807) is 6.92 Å². The molecule has 0 aliphatic rings. The Morgan fingerprint density at radius 1 is 1.04 bits per heavy atom. The lowest BCUT2D eigenvalue weighted by Gasteiger charge is -2.27. The van der Waals surface area contributed by atoms with Crippen LogP contribution in [0.4, 0.5) is 4.79 Å². The molecule has 0 unspecified atom stereocenters. The quantitative estimate of drug-likeness (QED) is 0.864. The number of methoxy groups -OCH3 is 1. The van der Waals surface area contributed by atoms with Gasteiger partial charge in [0, 0.05) is 6.04 Å². The fourth-order valence-corrected chi connectivity index (χ4v) is 2.47. The Labute approximate surface area is 145 Å². The zero-order valence-electron chi connectivity index (χ0n) is 15.8. The van der Waals surface area contributed by atoms with E-state index in [0.717, 1.165) is 5.56 Å². The average Bonchev–Trinajstić information content (AvgIpc) is 2.51. The topological polar surface area (TPSA) is 67.4 Å². The minimum atomic E-state index is -0.746. The number of imide groups is 1. The highest BCUT2D eigenvalue weighted by atomic mass is 16.5. The summed E-state index contributed by atoms with van der Waals surface area (Å²) in [7, 11) is 1.23. The fourth-order valence-electron chi connectivity index (χ4n) is 2.47. The third-order valence-corrected chi connectivity index (χ3v) is 4.04. The highest BCUT2D eigenvalue weighted by Gasteiger charge is 2.23. The summed E-state index contributed by atoms with van der Waals surface area (Å²) < 4.78 is 4.45. The molecule has 0 saturated carbocycles. The van der Waals surface area contributed by atoms with Crippen molar-refractivity contribution in [3.63, 3.8) is 0 Å². The Morgan fingerprint density at radius 2 is 1.58 bits per heavy atom. The molecule has 0 aliphatic carbocycles. The van der Waals surface area contributed by atoms with Crippen LogP contribution in [0.5, 0.6) is 0 Å². The number of alkyl carbamates (subject to hydrolysis) is 1. The lowest BCUT2D eigenvalue weighted by Crippen LogP contribution is -2.46. The number of benzene rings is 1. The second-order valence-electron chi connectivity index (χ2n) is 7.46. The standard InChI is InChI=1S/C19H30N2O3/c1-12(2)16(20-13(3)17(22)21-18(23)24-7)14-8-10-15(11-9-14)19(4,5)6/h8-13,16,20H,1-7H3,(H,21,22,23)/t13-,16+/m0/s1. The van der Waals surface area contributed by atoms with Gasteiger partial charge in [-0.15, -0.1) is 0 Å². The first-order chi connectivity index (χ1) is 11.1. The first-order valence-corrected chi connectivity index (χ1v) is 8.31. The van der Waals surface area contributed by atoms with E-state index in [-0.39, 0.29) is 11.5 Å². The molecule has 0 bridgehead atoms. The van der Waals surface area contributed by atoms with E-state index in [2.05, 4.69) is 74.3 Å². The van der Waals surface area contributed by atoms with Crippen molar-refractivity contribution in [2.24, 2.45) is 5.92 Å². The lowest BCUT2D eigenvalue weighted by molar-refractivity contribution is -0.122. The van der Waals surface area contributed by atoms with Gasteiger partial charge in [-0.2, -0.15) is 0 Å². The van der Waals surface area contributed by atoms with Crippen LogP contribution in [0.15, 0.2) is 24.3 Å². The van der Waals surface area contributed by atoms with Gasteiger partial charge in [-0.05, 0) is 29.4 Å². The fraction of sp³-hybridized carbons (Fsp3) is 0.579. The minimum Gasteiger partial charge on any atom is -0.453 e. The molecule has 1 aromatic carbocycles. The van der Waals surface area contributed by atoms with Crippen LogP contribution in [-0.4, -0.2) is 25.2 Å². The molecule has 0 aromatic heterocycles. The summed E-state index contributed by atoms with van der Waals surface area (Å²) in [6.07, 6.45) is -0.746. The molecule has 0 saturated heterocycles. The van der Waals surface area contributed by atoms with Crippen molar-refractivity contribution < 1.29 is 14.3 Å². The molecule has 134 valence electrons. The molecule has 0 aliphatic heterocycles. The van der Waals surface area contributed by atoms with Crippen LogP contribution in [0, 0.1) is 5.92 Å². The SMILES string of the molecule is COC(=O)NC(=O)[C@H](C)N[C@@H](c1ccc(C(C)(C)C)cc1)C(C)C. The Morgan fingerprint density at radius 3 is 2.00 bits per heavy atom. The maximum Gasteiger partial charge on any atom is 0.413 e. The van der Waals surface area contributed by atoms with E-state index in [1.165, 1.54) is 12.7 Å². The second-order valence-corrected chi connectivity index (χ2v) is 7.46. The van der Waals surface area contributed by atoms with Crippen molar-refractivity contribution in [1.82, 2.24) is 10.6 Å². The Hall–Kier alpha value is -1.88. The molecule has 5 nitrogen and oxygen atoms in total. The average molecular weight is 334 g/mol. The number of hydrogen-bond acceptors (Lipinski definition) is 4. The van der Waals surface area contributed by atoms with Crippen molar-refractivity contribution in [2.75, 3.05) is 7.11 Å². The van der Waals surface area contributed by atoms with Gasteiger partial charge in [0.05, 0.1) is 13.2 Å². The van der Waals surface area contributed by atoms with Gasteiger partial charge in [-0.1, -0.05) is 58.9 Å². The van der Waals surface area contributed by atoms with Crippen LogP contribution in [0.1, 0.15) is 58.7 Å². The van der Waals surface area contributed by atoms with Gasteiger partial charge in [0.25, 0.3) is 0 Å². The molecule has 1 aromatic rings. The molecule has 1 rings (SSSR count). The van der Waals surface area contributed by atoms with E-state index in [9.17, 15) is 9.59 Å². The smallest absolute Gasteiger partial charge is 0.413 e. The Kier molecular flexibility index (Phi) is 6.96. The van der Waals surface area contributed by atoms with Crippen LogP contribution in [0.2, 0.25) is 0 Å². The van der Waals surface area contributed by atoms with Gasteiger partial charge in [0.2, 0.25) is 5.91 Å². The van der Waals surface area contributed by atoms with E-state index < -0.39 is 18.0 Å². The van der Waals surface area contributed by atoms with E-state index in [4.69, 9.17) is 0 Å². The zero-order chi connectivity index (χ0) is 18.5. The third-order valence-electron chi connectivity index (χ3n) is 4.04. The molecule has 2 amide bonds. The van der Waals surface area contributed by atoms with Gasteiger partial charge >= 0.3 is 6.09 Å². The van der Waals surface area contributed by atoms with E-state index >= 15 is 0 Å². The normalized spacial score (nSPS) is 14.2. The summed E-state index contributed by atoms with van der Waals surface area (Å²) in [5.41, 5.74) is 2.49. The molecule has 0 spiro atoms. The van der Waals surface area contributed by atoms with E-state index in [1.807, 2.05) is 0 Å². The first-order valence-electron chi connectivity index (χ1n) is 8.31. The first kappa shape index (κ1) is 20.2. The van der Waals surface area contributed by atoms with Crippen molar-refractivity contribution >= 4 is 12.0 Å². The highest BCUT2D eigenvalue weighted by molar-refractivity contribution is 5.94. The van der Waals surface area contributed by atoms with Crippen molar-refractivity contribution in [3.05, 3.63) is 35.4 Å². The van der Waals surface area contributed by atoms with Crippen LogP contribution < -0.4 is 10.6 Å². The molecule has 0 radical (unpaired) electrons. The second kappa shape index (κ2) is 8.29. The van der Waals surface area contributed by atoms with Gasteiger partial charge in [-0.3, -0.25) is 15.4 Å². The number of amides is 2. The molecular formula is C19H30N2O3. The number of rotatable bonds is 5. The van der Waals surface area contributed by atoms with Gasteiger partial charge in [0.1, 0.15) is 0 Å². The summed E-state index contributed by atoms with van der Waals surface area (Å²) in [5.74, 6) is -0.113. The summed E-state index contributed by atoms with van der Waals surface area (Å²) in [5, 5.41) is 5.49. The molecule has 24 heavy (non-hydrogen) atoms. The van der Waals surface area contributed by atoms with Gasteiger partial charge in [0.15, 0.2) is 0 Å². The number of ether oxygens (including phenoxy) is 1. The maximum atomic E-state index is 12.0. The zero-order valence-corrected chi connectivity index (χ0v) is 15.8. The van der Waals surface area contributed by atoms with Gasteiger partial charge < -0.3 is 4.74 Å². The summed E-state index contributed by atoms with van der Waals surface area (Å²) in [4.78, 5) is 23.2. The number of carbonyl (C=O) groups is 2. The molecule has 0 fully saturated rings. The highest BCUT2D eigenvalue weighted by Crippen LogP contribution is 2.27. The van der Waals surface area contributed by atoms with Crippen LogP contribution in [0.3, 0.4) is 0 Å². The monoisotopic (exact) mass is 334 g/mol. The Balaban J connectivity index is 2.87. The number of hydrogen-bond donors (Lipinski definition) is 2. The summed E-state index contributed by atoms with van der Waals surface area (Å²) in [6, 6.07) is 7.96. The van der Waals surface area contributed by atoms with Crippen LogP contribution in [0.25, 0.3) is 0 Å². The maximum absolute atomic E-state index is 12.0. The summed E-state index contributed by atoms with van der Waals surface area (Å²) in [6.45, 7) is 12.5. The minimum absolute atomic E-state index is 0.0115. The van der Waals surface area contributed by atoms with E-state index in [0.29, 0.717) is 5.92 Å². The van der Waals surface area contributed by atoms with Gasteiger partial charge in [-0.25, -0.2) is 4.79 Å². The Bertz CT molecular complexity index is 559. The lowest BCUT2D eigenvalue weighted by atomic mass is 9.85. The largest absolute Gasteiger partial charge is 0.453 e. The number of nitrogens with one attached hydrogen (secondary N) is 2. The third kappa shape index (κ3) is 5.64. The molecule has 0 heterocycles. The van der Waals surface area contributed by atoms with Crippen LogP contribution in [-0.2, 0) is 14.9 Å².